The molecule has 2 heterocycles. The number of ether oxygens (including phenoxy) is 5. The molecule has 2 aliphatic heterocycles. The van der Waals surface area contributed by atoms with Gasteiger partial charge in [-0.25, -0.2) is 0 Å². The predicted octanol–water partition coefficient (Wildman–Crippen LogP) is 0.215. The van der Waals surface area contributed by atoms with Crippen molar-refractivity contribution >= 4 is 0 Å². The maximum Gasteiger partial charge on any atom is 0.187 e. The smallest absolute Gasteiger partial charge is 0.187 e. The van der Waals surface area contributed by atoms with E-state index in [1.807, 2.05) is 6.08 Å². The Bertz CT molecular complexity index is 1280. The third-order valence-electron chi connectivity index (χ3n) is 14.8. The monoisotopic (exact) mass is 758 g/mol. The van der Waals surface area contributed by atoms with Crippen LogP contribution in [0.25, 0.3) is 0 Å². The van der Waals surface area contributed by atoms with E-state index in [1.165, 1.54) is 7.11 Å². The molecule has 6 aliphatic rings. The Morgan fingerprint density at radius 1 is 0.887 bits per heavy atom. The van der Waals surface area contributed by atoms with Gasteiger partial charge in [0.05, 0.1) is 49.8 Å². The van der Waals surface area contributed by atoms with E-state index in [1.54, 1.807) is 0 Å². The highest BCUT2D eigenvalue weighted by Gasteiger charge is 2.72. The Morgan fingerprint density at radius 2 is 1.60 bits per heavy atom. The molecule has 9 N–H and O–H groups in total. The molecule has 0 aromatic heterocycles. The van der Waals surface area contributed by atoms with Crippen LogP contribution in [0.2, 0.25) is 0 Å². The Labute approximate surface area is 313 Å². The highest BCUT2D eigenvalue weighted by Crippen LogP contribution is 2.69. The first-order chi connectivity index (χ1) is 24.9. The number of aliphatic hydroxyl groups is 9. The summed E-state index contributed by atoms with van der Waals surface area (Å²) in [5.74, 6) is -0.944. The summed E-state index contributed by atoms with van der Waals surface area (Å²) in [4.78, 5) is 0. The van der Waals surface area contributed by atoms with Gasteiger partial charge < -0.3 is 69.6 Å². The summed E-state index contributed by atoms with van der Waals surface area (Å²) in [6.07, 6.45) is -6.21. The molecule has 6 rings (SSSR count). The van der Waals surface area contributed by atoms with E-state index in [2.05, 4.69) is 34.6 Å². The number of rotatable bonds is 12. The fourth-order valence-electron chi connectivity index (χ4n) is 11.9. The number of hydrogen-bond acceptors (Lipinski definition) is 14. The molecule has 0 aromatic carbocycles. The molecule has 14 nitrogen and oxygen atoms in total. The van der Waals surface area contributed by atoms with Gasteiger partial charge in [-0.2, -0.15) is 0 Å². The highest BCUT2D eigenvalue weighted by atomic mass is 16.7. The van der Waals surface area contributed by atoms with Crippen LogP contribution < -0.4 is 0 Å². The zero-order chi connectivity index (χ0) is 38.8. The molecular formula is C39H66O14. The van der Waals surface area contributed by atoms with E-state index in [0.717, 1.165) is 18.4 Å². The van der Waals surface area contributed by atoms with Gasteiger partial charge in [0.2, 0.25) is 0 Å². The molecule has 0 bridgehead atoms. The van der Waals surface area contributed by atoms with E-state index >= 15 is 0 Å². The predicted molar refractivity (Wildman–Crippen MR) is 189 cm³/mol. The van der Waals surface area contributed by atoms with E-state index in [9.17, 15) is 46.0 Å². The number of aliphatic hydroxyl groups excluding tert-OH is 8. The van der Waals surface area contributed by atoms with E-state index in [4.69, 9.17) is 23.7 Å². The van der Waals surface area contributed by atoms with Gasteiger partial charge in [-0.1, -0.05) is 40.7 Å². The van der Waals surface area contributed by atoms with Gasteiger partial charge >= 0.3 is 0 Å². The minimum atomic E-state index is -1.43. The topological polar surface area (TPSA) is 228 Å². The molecule has 0 aromatic rings. The molecule has 3 saturated carbocycles. The minimum Gasteiger partial charge on any atom is -0.394 e. The van der Waals surface area contributed by atoms with Gasteiger partial charge in [0.15, 0.2) is 12.6 Å². The van der Waals surface area contributed by atoms with Crippen molar-refractivity contribution in [3.8, 4) is 0 Å². The summed E-state index contributed by atoms with van der Waals surface area (Å²) in [5.41, 5.74) is -1.82. The fourth-order valence-corrected chi connectivity index (χ4v) is 11.9. The molecule has 20 atom stereocenters. The first-order valence-electron chi connectivity index (χ1n) is 19.8. The average molecular weight is 759 g/mol. The summed E-state index contributed by atoms with van der Waals surface area (Å²) < 4.78 is 28.7. The van der Waals surface area contributed by atoms with Crippen LogP contribution in [0, 0.1) is 46.3 Å². The Kier molecular flexibility index (Phi) is 12.5. The Morgan fingerprint density at radius 3 is 2.25 bits per heavy atom. The first kappa shape index (κ1) is 41.8. The second-order valence-corrected chi connectivity index (χ2v) is 18.1. The number of methoxy groups -OCH3 is 1. The van der Waals surface area contributed by atoms with Gasteiger partial charge in [0.25, 0.3) is 0 Å². The van der Waals surface area contributed by atoms with Gasteiger partial charge in [0, 0.05) is 19.4 Å². The molecular weight excluding hydrogens is 692 g/mol. The normalized spacial score (nSPS) is 51.0. The van der Waals surface area contributed by atoms with Crippen LogP contribution in [0.1, 0.15) is 79.6 Å². The molecule has 0 radical (unpaired) electrons. The molecule has 0 unspecified atom stereocenters. The van der Waals surface area contributed by atoms with Crippen molar-refractivity contribution in [1.29, 1.82) is 0 Å². The van der Waals surface area contributed by atoms with E-state index in [-0.39, 0.29) is 49.2 Å². The van der Waals surface area contributed by atoms with Crippen LogP contribution >= 0.6 is 0 Å². The largest absolute Gasteiger partial charge is 0.394 e. The van der Waals surface area contributed by atoms with E-state index in [0.29, 0.717) is 25.7 Å². The van der Waals surface area contributed by atoms with E-state index < -0.39 is 103 Å². The Hall–Kier alpha value is -0.820. The van der Waals surface area contributed by atoms with Crippen LogP contribution in [0.4, 0.5) is 0 Å². The highest BCUT2D eigenvalue weighted by molar-refractivity contribution is 5.33. The molecule has 53 heavy (non-hydrogen) atoms. The first-order valence-corrected chi connectivity index (χ1v) is 19.8. The van der Waals surface area contributed by atoms with Crippen molar-refractivity contribution in [3.05, 3.63) is 11.6 Å². The third-order valence-corrected chi connectivity index (χ3v) is 14.8. The molecule has 5 fully saturated rings. The minimum absolute atomic E-state index is 0.0188. The summed E-state index contributed by atoms with van der Waals surface area (Å²) in [6.45, 7) is 10.2. The fraction of sp³-hybridized carbons (Fsp3) is 0.949. The second kappa shape index (κ2) is 15.8. The van der Waals surface area contributed by atoms with Gasteiger partial charge in [-0.05, 0) is 84.5 Å². The molecule has 2 saturated heterocycles. The molecule has 0 amide bonds. The summed E-state index contributed by atoms with van der Waals surface area (Å²) in [6, 6.07) is 0. The van der Waals surface area contributed by atoms with Crippen LogP contribution in [0.3, 0.4) is 0 Å². The summed E-state index contributed by atoms with van der Waals surface area (Å²) >= 11 is 0. The lowest BCUT2D eigenvalue weighted by Crippen LogP contribution is -2.66. The lowest BCUT2D eigenvalue weighted by molar-refractivity contribution is -0.285. The van der Waals surface area contributed by atoms with Crippen molar-refractivity contribution in [2.24, 2.45) is 46.3 Å². The van der Waals surface area contributed by atoms with Gasteiger partial charge in [0.1, 0.15) is 36.6 Å². The van der Waals surface area contributed by atoms with Crippen LogP contribution in [0.15, 0.2) is 11.6 Å². The third kappa shape index (κ3) is 7.19. The quantitative estimate of drug-likeness (QED) is 0.121. The average Bonchev–Trinajstić information content (AvgIpc) is 3.49. The lowest BCUT2D eigenvalue weighted by atomic mass is 9.43. The number of fused-ring (bicyclic) bond motifs is 5. The van der Waals surface area contributed by atoms with Crippen LogP contribution in [-0.2, 0) is 23.7 Å². The van der Waals surface area contributed by atoms with Crippen molar-refractivity contribution < 1.29 is 69.6 Å². The summed E-state index contributed by atoms with van der Waals surface area (Å²) in [5, 5.41) is 98.5. The second-order valence-electron chi connectivity index (χ2n) is 18.1. The maximum absolute atomic E-state index is 12.8. The van der Waals surface area contributed by atoms with Crippen LogP contribution in [-0.4, -0.2) is 152 Å². The standard InChI is InChI=1S/C39H66O14/c1-18(2)20(16-50-35-32(47)29(44)25(15-40)53-35)8-7-19(3)27-30(45)31(46)34-38(27,5)12-10-26-37(4)11-9-21(13-22(37)23(41)14-39(26,34)48)52-36-33(49-6)28(43)24(42)17-51-36/h13,18-21,23-36,40-48H,7-12,14-17H2,1-6H3/t19-,20-,21+,23-,24-,25-,26-,27+,28+,29-,30-,31+,32+,33-,34-,35-,36+,37+,38-,39+/m1/s1. The van der Waals surface area contributed by atoms with Crippen molar-refractivity contribution in [3.63, 3.8) is 0 Å². The van der Waals surface area contributed by atoms with Gasteiger partial charge in [-0.15, -0.1) is 0 Å². The van der Waals surface area contributed by atoms with Crippen molar-refractivity contribution in [2.75, 3.05) is 26.9 Å². The zero-order valence-corrected chi connectivity index (χ0v) is 32.1. The molecule has 306 valence electrons. The molecule has 0 spiro atoms. The number of hydrogen-bond donors (Lipinski definition) is 9. The van der Waals surface area contributed by atoms with Crippen molar-refractivity contribution in [1.82, 2.24) is 0 Å². The molecule has 14 heteroatoms. The summed E-state index contributed by atoms with van der Waals surface area (Å²) in [7, 11) is 1.42. The maximum atomic E-state index is 12.8. The SMILES string of the molecule is CO[C@H]1[C@H](O[C@@H]2C=C3[C@H](O)C[C@@]4(O)[C@@H]5[C@@H](O)[C@H](O)[C@H]([C@H](C)CC[C@H](CO[C@@H]6O[C@H](CO)[C@@H](O)[C@@H]6O)C(C)C)[C@@]5(C)CC[C@@H]4[C@@]3(C)CC2)OC[C@@H](O)[C@@H]1O. The van der Waals surface area contributed by atoms with Gasteiger partial charge in [-0.3, -0.25) is 0 Å². The Balaban J connectivity index is 1.14. The van der Waals surface area contributed by atoms with Crippen LogP contribution in [0.5, 0.6) is 0 Å². The molecule has 4 aliphatic carbocycles. The van der Waals surface area contributed by atoms with Crippen molar-refractivity contribution in [2.45, 2.75) is 159 Å². The lowest BCUT2D eigenvalue weighted by Gasteiger charge is -2.64. The zero-order valence-electron chi connectivity index (χ0n) is 32.1.